The molecule has 0 bridgehead atoms. The summed E-state index contributed by atoms with van der Waals surface area (Å²) < 4.78 is 5.04. The van der Waals surface area contributed by atoms with Crippen LogP contribution in [-0.4, -0.2) is 61.0 Å². The predicted octanol–water partition coefficient (Wildman–Crippen LogP) is 0.826. The summed E-state index contributed by atoms with van der Waals surface area (Å²) in [7, 11) is 0. The zero-order valence-corrected chi connectivity index (χ0v) is 11.7. The van der Waals surface area contributed by atoms with Gasteiger partial charge in [-0.25, -0.2) is 4.79 Å². The molecule has 1 aliphatic heterocycles. The molecule has 0 aromatic carbocycles. The Morgan fingerprint density at radius 1 is 1.05 bits per heavy atom. The summed E-state index contributed by atoms with van der Waals surface area (Å²) >= 11 is 0. The summed E-state index contributed by atoms with van der Waals surface area (Å²) in [4.78, 5) is 26.8. The summed E-state index contributed by atoms with van der Waals surface area (Å²) in [5.74, 6) is -0.231. The zero-order chi connectivity index (χ0) is 14.1. The number of rotatable bonds is 5. The summed E-state index contributed by atoms with van der Waals surface area (Å²) in [6.07, 6.45) is 6.42. The molecule has 1 heterocycles. The molecule has 0 radical (unpaired) electrons. The maximum Gasteiger partial charge on any atom is 0.330 e. The van der Waals surface area contributed by atoms with Gasteiger partial charge in [0.2, 0.25) is 5.91 Å². The van der Waals surface area contributed by atoms with Crippen molar-refractivity contribution in [2.24, 2.45) is 0 Å². The second-order valence-electron chi connectivity index (χ2n) is 4.33. The quantitative estimate of drug-likeness (QED) is 0.546. The Morgan fingerprint density at radius 2 is 1.68 bits per heavy atom. The van der Waals surface area contributed by atoms with Gasteiger partial charge < -0.3 is 9.64 Å². The number of allylic oxidation sites excluding steroid dienone is 2. The molecule has 1 aliphatic rings. The molecular weight excluding hydrogens is 244 g/mol. The van der Waals surface area contributed by atoms with Crippen molar-refractivity contribution in [3.8, 4) is 0 Å². The van der Waals surface area contributed by atoms with Crippen LogP contribution in [-0.2, 0) is 14.3 Å². The van der Waals surface area contributed by atoms with Gasteiger partial charge in [-0.1, -0.05) is 12.2 Å². The molecule has 0 atom stereocenters. The minimum Gasteiger partial charge on any atom is -0.461 e. The monoisotopic (exact) mass is 266 g/mol. The van der Waals surface area contributed by atoms with Crippen LogP contribution in [0, 0.1) is 0 Å². The Bertz CT molecular complexity index is 353. The third kappa shape index (κ3) is 5.70. The van der Waals surface area contributed by atoms with Crippen molar-refractivity contribution in [3.63, 3.8) is 0 Å². The highest BCUT2D eigenvalue weighted by Crippen LogP contribution is 2.02. The van der Waals surface area contributed by atoms with Crippen LogP contribution in [0.3, 0.4) is 0 Å². The molecule has 1 saturated heterocycles. The fourth-order valence-electron chi connectivity index (χ4n) is 1.90. The molecule has 1 fully saturated rings. The van der Waals surface area contributed by atoms with Crippen LogP contribution in [0.15, 0.2) is 24.3 Å². The molecule has 1 amide bonds. The zero-order valence-electron chi connectivity index (χ0n) is 11.7. The smallest absolute Gasteiger partial charge is 0.330 e. The Balaban J connectivity index is 2.20. The lowest BCUT2D eigenvalue weighted by Crippen LogP contribution is -2.49. The molecule has 5 nitrogen and oxygen atoms in total. The van der Waals surface area contributed by atoms with E-state index in [0.717, 1.165) is 32.7 Å². The van der Waals surface area contributed by atoms with Crippen molar-refractivity contribution in [2.45, 2.75) is 13.8 Å². The van der Waals surface area contributed by atoms with E-state index in [9.17, 15) is 9.59 Å². The highest BCUT2D eigenvalue weighted by molar-refractivity contribution is 5.87. The van der Waals surface area contributed by atoms with Crippen LogP contribution in [0.25, 0.3) is 0 Å². The molecule has 0 saturated carbocycles. The van der Waals surface area contributed by atoms with Crippen LogP contribution in [0.2, 0.25) is 0 Å². The number of piperazine rings is 1. The Kier molecular flexibility index (Phi) is 6.89. The van der Waals surface area contributed by atoms with Gasteiger partial charge in [0.25, 0.3) is 0 Å². The van der Waals surface area contributed by atoms with E-state index in [-0.39, 0.29) is 11.9 Å². The summed E-state index contributed by atoms with van der Waals surface area (Å²) in [5.41, 5.74) is 0. The highest BCUT2D eigenvalue weighted by Gasteiger charge is 2.19. The molecular formula is C14H22N2O3. The normalized spacial score (nSPS) is 17.3. The van der Waals surface area contributed by atoms with Gasteiger partial charge >= 0.3 is 5.97 Å². The first kappa shape index (κ1) is 15.4. The van der Waals surface area contributed by atoms with Gasteiger partial charge in [-0.05, 0) is 19.9 Å². The van der Waals surface area contributed by atoms with E-state index in [1.54, 1.807) is 25.2 Å². The Morgan fingerprint density at radius 3 is 2.26 bits per heavy atom. The number of ether oxygens (including phenoxy) is 1. The summed E-state index contributed by atoms with van der Waals surface area (Å²) in [5, 5.41) is 0. The van der Waals surface area contributed by atoms with E-state index in [1.807, 2.05) is 11.8 Å². The van der Waals surface area contributed by atoms with Crippen molar-refractivity contribution in [1.82, 2.24) is 9.80 Å². The molecule has 0 aromatic rings. The third-order valence-electron chi connectivity index (χ3n) is 2.95. The first-order valence-corrected chi connectivity index (χ1v) is 6.60. The van der Waals surface area contributed by atoms with Gasteiger partial charge in [0.05, 0.1) is 0 Å². The number of hydrogen-bond acceptors (Lipinski definition) is 4. The molecule has 106 valence electrons. The van der Waals surface area contributed by atoms with Crippen molar-refractivity contribution >= 4 is 11.9 Å². The minimum absolute atomic E-state index is 0.0710. The van der Waals surface area contributed by atoms with Crippen molar-refractivity contribution < 1.29 is 14.3 Å². The predicted molar refractivity (Wildman–Crippen MR) is 73.6 cm³/mol. The van der Waals surface area contributed by atoms with E-state index in [0.29, 0.717) is 6.61 Å². The van der Waals surface area contributed by atoms with Gasteiger partial charge in [-0.3, -0.25) is 9.69 Å². The van der Waals surface area contributed by atoms with E-state index < -0.39 is 0 Å². The lowest BCUT2D eigenvalue weighted by molar-refractivity contribution is -0.138. The molecule has 0 unspecified atom stereocenters. The van der Waals surface area contributed by atoms with Crippen LogP contribution < -0.4 is 0 Å². The van der Waals surface area contributed by atoms with Gasteiger partial charge in [0, 0.05) is 38.8 Å². The maximum absolute atomic E-state index is 11.6. The third-order valence-corrected chi connectivity index (χ3v) is 2.95. The number of nitrogens with zero attached hydrogens (tertiary/aromatic N) is 2. The average molecular weight is 266 g/mol. The van der Waals surface area contributed by atoms with Gasteiger partial charge in [-0.2, -0.15) is 0 Å². The highest BCUT2D eigenvalue weighted by atomic mass is 16.5. The lowest BCUT2D eigenvalue weighted by Gasteiger charge is -2.33. The minimum atomic E-state index is -0.301. The molecule has 5 heteroatoms. The van der Waals surface area contributed by atoms with Gasteiger partial charge in [0.1, 0.15) is 6.61 Å². The molecule has 0 aromatic heterocycles. The van der Waals surface area contributed by atoms with Crippen LogP contribution in [0.5, 0.6) is 0 Å². The topological polar surface area (TPSA) is 49.9 Å². The first-order valence-electron chi connectivity index (χ1n) is 6.60. The first-order chi connectivity index (χ1) is 9.17. The van der Waals surface area contributed by atoms with Crippen molar-refractivity contribution in [3.05, 3.63) is 24.3 Å². The number of hydrogen-bond donors (Lipinski definition) is 0. The van der Waals surface area contributed by atoms with Gasteiger partial charge in [-0.15, -0.1) is 0 Å². The van der Waals surface area contributed by atoms with Gasteiger partial charge in [0.15, 0.2) is 0 Å². The number of esters is 1. The lowest BCUT2D eigenvalue weighted by atomic mass is 10.3. The van der Waals surface area contributed by atoms with Crippen LogP contribution >= 0.6 is 0 Å². The van der Waals surface area contributed by atoms with Crippen molar-refractivity contribution in [1.29, 1.82) is 0 Å². The van der Waals surface area contributed by atoms with Crippen molar-refractivity contribution in [2.75, 3.05) is 39.3 Å². The number of carbonyl (C=O) groups is 2. The maximum atomic E-state index is 11.6. The summed E-state index contributed by atoms with van der Waals surface area (Å²) in [6.45, 7) is 7.84. The van der Waals surface area contributed by atoms with E-state index in [2.05, 4.69) is 4.90 Å². The SMILES string of the molecule is C/C=C\C(=O)OCCN1CCN(C(=O)/C=C/C)CC1. The van der Waals surface area contributed by atoms with E-state index >= 15 is 0 Å². The largest absolute Gasteiger partial charge is 0.461 e. The molecule has 19 heavy (non-hydrogen) atoms. The fourth-order valence-corrected chi connectivity index (χ4v) is 1.90. The fraction of sp³-hybridized carbons (Fsp3) is 0.571. The van der Waals surface area contributed by atoms with Crippen LogP contribution in [0.4, 0.5) is 0 Å². The Hall–Kier alpha value is -1.62. The second kappa shape index (κ2) is 8.48. The van der Waals surface area contributed by atoms with E-state index in [4.69, 9.17) is 4.74 Å². The molecule has 0 N–H and O–H groups in total. The molecule has 0 spiro atoms. The second-order valence-corrected chi connectivity index (χ2v) is 4.33. The standard InChI is InChI=1S/C14H22N2O3/c1-3-5-13(17)16-9-7-15(8-10-16)11-12-19-14(18)6-4-2/h3-6H,7-12H2,1-2H3/b5-3+,6-4-. The number of amides is 1. The number of carbonyl (C=O) groups excluding carboxylic acids is 2. The molecule has 0 aliphatic carbocycles. The Labute approximate surface area is 114 Å². The summed E-state index contributed by atoms with van der Waals surface area (Å²) in [6, 6.07) is 0. The van der Waals surface area contributed by atoms with Crippen LogP contribution in [0.1, 0.15) is 13.8 Å². The van der Waals surface area contributed by atoms with E-state index in [1.165, 1.54) is 6.08 Å². The average Bonchev–Trinajstić information content (AvgIpc) is 2.40. The molecule has 1 rings (SSSR count).